The fourth-order valence-electron chi connectivity index (χ4n) is 1.90. The number of likely N-dealkylation sites (tertiary alicyclic amines) is 1. The highest BCUT2D eigenvalue weighted by Gasteiger charge is 2.38. The van der Waals surface area contributed by atoms with Crippen molar-refractivity contribution in [2.75, 3.05) is 19.6 Å². The third-order valence-corrected chi connectivity index (χ3v) is 2.57. The van der Waals surface area contributed by atoms with Gasteiger partial charge in [-0.2, -0.15) is 0 Å². The van der Waals surface area contributed by atoms with Crippen molar-refractivity contribution in [3.8, 4) is 0 Å². The van der Waals surface area contributed by atoms with Gasteiger partial charge < -0.3 is 5.11 Å². The zero-order chi connectivity index (χ0) is 10.1. The smallest absolute Gasteiger partial charge is 0.146 e. The van der Waals surface area contributed by atoms with Crippen molar-refractivity contribution in [1.29, 1.82) is 0 Å². The molecule has 1 rings (SSSR count). The molecule has 3 heteroatoms. The predicted octanol–water partition coefficient (Wildman–Crippen LogP) is 1.44. The van der Waals surface area contributed by atoms with Crippen molar-refractivity contribution in [3.05, 3.63) is 0 Å². The maximum atomic E-state index is 13.7. The zero-order valence-corrected chi connectivity index (χ0v) is 8.76. The van der Waals surface area contributed by atoms with Crippen LogP contribution < -0.4 is 0 Å². The Balaban J connectivity index is 2.46. The quantitative estimate of drug-likeness (QED) is 0.710. The number of piperidine rings is 1. The van der Waals surface area contributed by atoms with Gasteiger partial charge in [-0.3, -0.25) is 4.90 Å². The van der Waals surface area contributed by atoms with Crippen LogP contribution in [0.4, 0.5) is 4.39 Å². The van der Waals surface area contributed by atoms with Crippen LogP contribution in [0.5, 0.6) is 0 Å². The van der Waals surface area contributed by atoms with E-state index >= 15 is 0 Å². The molecule has 1 fully saturated rings. The first-order valence-corrected chi connectivity index (χ1v) is 5.01. The molecule has 13 heavy (non-hydrogen) atoms. The summed E-state index contributed by atoms with van der Waals surface area (Å²) in [5.41, 5.74) is -1.42. The zero-order valence-electron chi connectivity index (χ0n) is 8.76. The summed E-state index contributed by atoms with van der Waals surface area (Å²) < 4.78 is 13.7. The highest BCUT2D eigenvalue weighted by molar-refractivity contribution is 4.90. The highest BCUT2D eigenvalue weighted by Crippen LogP contribution is 2.25. The molecule has 0 aromatic carbocycles. The largest absolute Gasteiger partial charge is 0.390 e. The Morgan fingerprint density at radius 1 is 1.62 bits per heavy atom. The summed E-state index contributed by atoms with van der Waals surface area (Å²) in [4.78, 5) is 2.09. The Kier molecular flexibility index (Phi) is 3.30. The first kappa shape index (κ1) is 10.9. The minimum atomic E-state index is -1.42. The molecule has 1 aliphatic heterocycles. The number of hydrogen-bond acceptors (Lipinski definition) is 2. The van der Waals surface area contributed by atoms with Crippen LogP contribution in [0.2, 0.25) is 0 Å². The molecule has 0 aliphatic carbocycles. The molecule has 0 saturated carbocycles. The number of alkyl halides is 1. The number of hydrogen-bond donors (Lipinski definition) is 1. The average Bonchev–Trinajstić information content (AvgIpc) is 1.95. The van der Waals surface area contributed by atoms with Gasteiger partial charge in [-0.15, -0.1) is 0 Å². The van der Waals surface area contributed by atoms with Crippen LogP contribution in [0.3, 0.4) is 0 Å². The number of aliphatic hydroxyl groups is 1. The Bertz CT molecular complexity index is 170. The van der Waals surface area contributed by atoms with Gasteiger partial charge in [0.1, 0.15) is 5.67 Å². The van der Waals surface area contributed by atoms with Crippen LogP contribution in [0.15, 0.2) is 0 Å². The highest BCUT2D eigenvalue weighted by atomic mass is 19.1. The molecule has 0 aromatic heterocycles. The lowest BCUT2D eigenvalue weighted by Crippen LogP contribution is -2.52. The molecule has 0 bridgehead atoms. The van der Waals surface area contributed by atoms with Gasteiger partial charge in [-0.05, 0) is 19.3 Å². The lowest BCUT2D eigenvalue weighted by atomic mass is 9.93. The molecule has 0 unspecified atom stereocenters. The first-order chi connectivity index (χ1) is 5.92. The van der Waals surface area contributed by atoms with Crippen molar-refractivity contribution in [1.82, 2.24) is 4.90 Å². The third kappa shape index (κ3) is 2.92. The van der Waals surface area contributed by atoms with Crippen molar-refractivity contribution in [2.45, 2.75) is 39.0 Å². The van der Waals surface area contributed by atoms with E-state index in [-0.39, 0.29) is 0 Å². The molecule has 0 amide bonds. The minimum Gasteiger partial charge on any atom is -0.390 e. The Labute approximate surface area is 79.7 Å². The van der Waals surface area contributed by atoms with E-state index in [9.17, 15) is 9.50 Å². The van der Waals surface area contributed by atoms with Crippen LogP contribution in [-0.4, -0.2) is 41.4 Å². The Hall–Kier alpha value is -0.150. The molecule has 1 N–H and O–H groups in total. The normalized spacial score (nSPS) is 36.9. The van der Waals surface area contributed by atoms with Crippen LogP contribution in [-0.2, 0) is 0 Å². The summed E-state index contributed by atoms with van der Waals surface area (Å²) in [5.74, 6) is 0.561. The summed E-state index contributed by atoms with van der Waals surface area (Å²) in [5, 5.41) is 9.39. The lowest BCUT2D eigenvalue weighted by molar-refractivity contribution is -0.0592. The van der Waals surface area contributed by atoms with E-state index in [4.69, 9.17) is 0 Å². The Morgan fingerprint density at radius 3 is 2.69 bits per heavy atom. The van der Waals surface area contributed by atoms with Crippen molar-refractivity contribution >= 4 is 0 Å². The molecular weight excluding hydrogens is 169 g/mol. The van der Waals surface area contributed by atoms with Crippen molar-refractivity contribution < 1.29 is 9.50 Å². The van der Waals surface area contributed by atoms with Crippen LogP contribution in [0.25, 0.3) is 0 Å². The number of halogens is 1. The number of nitrogens with zero attached hydrogens (tertiary/aromatic N) is 1. The van der Waals surface area contributed by atoms with Gasteiger partial charge in [0, 0.05) is 19.6 Å². The van der Waals surface area contributed by atoms with Gasteiger partial charge in [0.05, 0.1) is 6.10 Å². The first-order valence-electron chi connectivity index (χ1n) is 5.01. The van der Waals surface area contributed by atoms with E-state index in [1.54, 1.807) is 0 Å². The summed E-state index contributed by atoms with van der Waals surface area (Å²) in [6.45, 7) is 7.85. The molecule has 0 radical (unpaired) electrons. The lowest BCUT2D eigenvalue weighted by Gasteiger charge is -2.39. The summed E-state index contributed by atoms with van der Waals surface area (Å²) in [6.07, 6.45) is -0.226. The van der Waals surface area contributed by atoms with E-state index in [0.29, 0.717) is 18.9 Å². The summed E-state index contributed by atoms with van der Waals surface area (Å²) in [6, 6.07) is 0. The average molecular weight is 189 g/mol. The van der Waals surface area contributed by atoms with Gasteiger partial charge in [0.25, 0.3) is 0 Å². The maximum absolute atomic E-state index is 13.7. The summed E-state index contributed by atoms with van der Waals surface area (Å²) in [7, 11) is 0. The maximum Gasteiger partial charge on any atom is 0.146 e. The fraction of sp³-hybridized carbons (Fsp3) is 1.00. The second kappa shape index (κ2) is 3.93. The molecule has 2 atom stereocenters. The van der Waals surface area contributed by atoms with E-state index in [1.807, 2.05) is 0 Å². The summed E-state index contributed by atoms with van der Waals surface area (Å²) >= 11 is 0. The fourth-order valence-corrected chi connectivity index (χ4v) is 1.90. The minimum absolute atomic E-state index is 0.367. The SMILES string of the molecule is CC(C)CN1CC[C@@H](O)[C@](C)(F)C1. The number of rotatable bonds is 2. The van der Waals surface area contributed by atoms with E-state index < -0.39 is 11.8 Å². The third-order valence-electron chi connectivity index (χ3n) is 2.57. The second-order valence-corrected chi connectivity index (χ2v) is 4.71. The Morgan fingerprint density at radius 2 is 2.23 bits per heavy atom. The molecule has 1 heterocycles. The van der Waals surface area contributed by atoms with Crippen molar-refractivity contribution in [2.24, 2.45) is 5.92 Å². The monoisotopic (exact) mass is 189 g/mol. The standard InChI is InChI=1S/C10H20FNO/c1-8(2)6-12-5-4-9(13)10(3,11)7-12/h8-9,13H,4-7H2,1-3H3/t9-,10-/m1/s1. The van der Waals surface area contributed by atoms with Crippen LogP contribution in [0, 0.1) is 5.92 Å². The van der Waals surface area contributed by atoms with E-state index in [1.165, 1.54) is 6.92 Å². The van der Waals surface area contributed by atoms with Gasteiger partial charge in [0.15, 0.2) is 0 Å². The van der Waals surface area contributed by atoms with Gasteiger partial charge in [-0.1, -0.05) is 13.8 Å². The number of aliphatic hydroxyl groups excluding tert-OH is 1. The predicted molar refractivity (Wildman–Crippen MR) is 51.4 cm³/mol. The van der Waals surface area contributed by atoms with E-state index in [0.717, 1.165) is 13.1 Å². The second-order valence-electron chi connectivity index (χ2n) is 4.71. The van der Waals surface area contributed by atoms with Gasteiger partial charge in [-0.25, -0.2) is 4.39 Å². The van der Waals surface area contributed by atoms with Gasteiger partial charge >= 0.3 is 0 Å². The van der Waals surface area contributed by atoms with Crippen LogP contribution in [0.1, 0.15) is 27.2 Å². The molecule has 1 saturated heterocycles. The van der Waals surface area contributed by atoms with Gasteiger partial charge in [0.2, 0.25) is 0 Å². The molecule has 0 aromatic rings. The molecule has 0 spiro atoms. The molecular formula is C10H20FNO. The van der Waals surface area contributed by atoms with Crippen molar-refractivity contribution in [3.63, 3.8) is 0 Å². The topological polar surface area (TPSA) is 23.5 Å². The molecule has 1 aliphatic rings. The molecule has 78 valence electrons. The van der Waals surface area contributed by atoms with E-state index in [2.05, 4.69) is 18.7 Å². The molecule has 2 nitrogen and oxygen atoms in total. The van der Waals surface area contributed by atoms with Crippen LogP contribution >= 0.6 is 0 Å².